The molecule has 0 fully saturated rings. The molecule has 0 aliphatic carbocycles. The molecule has 0 spiro atoms. The van der Waals surface area contributed by atoms with Crippen LogP contribution < -0.4 is 20.9 Å². The summed E-state index contributed by atoms with van der Waals surface area (Å²) in [6.45, 7) is 14.9. The topological polar surface area (TPSA) is 146 Å². The van der Waals surface area contributed by atoms with Gasteiger partial charge in [0.05, 0.1) is 4.90 Å². The van der Waals surface area contributed by atoms with Crippen molar-refractivity contribution in [1.29, 1.82) is 0 Å². The smallest absolute Gasteiger partial charge is 0.323 e. The zero-order valence-corrected chi connectivity index (χ0v) is 23.0. The van der Waals surface area contributed by atoms with Crippen LogP contribution in [0.2, 0.25) is 0 Å². The second-order valence-corrected chi connectivity index (χ2v) is 11.8. The van der Waals surface area contributed by atoms with Crippen molar-refractivity contribution in [2.24, 2.45) is 16.5 Å². The highest BCUT2D eigenvalue weighted by Crippen LogP contribution is 2.43. The van der Waals surface area contributed by atoms with Gasteiger partial charge in [0.25, 0.3) is 10.0 Å². The lowest BCUT2D eigenvalue weighted by atomic mass is 9.94. The van der Waals surface area contributed by atoms with Crippen LogP contribution >= 0.6 is 12.4 Å². The van der Waals surface area contributed by atoms with E-state index in [-0.39, 0.29) is 35.4 Å². The number of aliphatic imine (C=N–C) groups is 1. The number of hydrogen-bond acceptors (Lipinski definition) is 7. The standard InChI is InChI=1S/C23H38N4O5S.ClH/c1-13-14(2)19(15(3)16-12-23(7,8)31-18(13)16)33(29,30)27-21(25)26-11-9-10-17(24)20(28)32-22(4,5)6;/h17H,9-12,24H2,1-8H3,(H3,25,26,27);1H. The van der Waals surface area contributed by atoms with Gasteiger partial charge in [0.1, 0.15) is 23.0 Å². The first-order valence-electron chi connectivity index (χ1n) is 11.1. The Balaban J connectivity index is 0.00000578. The molecule has 0 aromatic heterocycles. The van der Waals surface area contributed by atoms with E-state index in [4.69, 9.17) is 20.9 Å². The molecule has 1 unspecified atom stereocenters. The lowest BCUT2D eigenvalue weighted by molar-refractivity contribution is -0.156. The first-order valence-corrected chi connectivity index (χ1v) is 12.6. The monoisotopic (exact) mass is 518 g/mol. The molecule has 1 aromatic carbocycles. The van der Waals surface area contributed by atoms with Crippen molar-refractivity contribution in [3.05, 3.63) is 22.3 Å². The molecule has 1 heterocycles. The molecule has 0 radical (unpaired) electrons. The van der Waals surface area contributed by atoms with Crippen LogP contribution in [0.25, 0.3) is 0 Å². The third-order valence-electron chi connectivity index (χ3n) is 5.46. The van der Waals surface area contributed by atoms with Crippen LogP contribution in [-0.2, 0) is 26.0 Å². The van der Waals surface area contributed by atoms with Gasteiger partial charge in [-0.3, -0.25) is 9.79 Å². The van der Waals surface area contributed by atoms with E-state index in [0.29, 0.717) is 30.4 Å². The first-order chi connectivity index (χ1) is 14.9. The number of sulfonamides is 1. The summed E-state index contributed by atoms with van der Waals surface area (Å²) in [5.74, 6) is 0.0662. The average molecular weight is 519 g/mol. The van der Waals surface area contributed by atoms with Gasteiger partial charge >= 0.3 is 5.97 Å². The predicted molar refractivity (Wildman–Crippen MR) is 136 cm³/mol. The van der Waals surface area contributed by atoms with E-state index in [1.54, 1.807) is 34.6 Å². The molecule has 194 valence electrons. The van der Waals surface area contributed by atoms with E-state index in [1.807, 2.05) is 20.8 Å². The number of fused-ring (bicyclic) bond motifs is 1. The molecule has 11 heteroatoms. The quantitative estimate of drug-likeness (QED) is 0.217. The van der Waals surface area contributed by atoms with Crippen LogP contribution in [0.3, 0.4) is 0 Å². The molecule has 0 amide bonds. The van der Waals surface area contributed by atoms with Crippen molar-refractivity contribution in [2.75, 3.05) is 6.54 Å². The van der Waals surface area contributed by atoms with Crippen LogP contribution in [0.15, 0.2) is 9.89 Å². The molecular weight excluding hydrogens is 480 g/mol. The van der Waals surface area contributed by atoms with Gasteiger partial charge < -0.3 is 20.9 Å². The normalized spacial score (nSPS) is 16.2. The van der Waals surface area contributed by atoms with Gasteiger partial charge in [-0.05, 0) is 84.9 Å². The molecule has 1 atom stereocenters. The third kappa shape index (κ3) is 7.23. The zero-order valence-electron chi connectivity index (χ0n) is 21.4. The van der Waals surface area contributed by atoms with Gasteiger partial charge in [-0.2, -0.15) is 0 Å². The summed E-state index contributed by atoms with van der Waals surface area (Å²) in [5, 5.41) is 0. The molecule has 0 saturated carbocycles. The Kier molecular flexibility index (Phi) is 9.44. The van der Waals surface area contributed by atoms with Crippen molar-refractivity contribution in [3.8, 4) is 5.75 Å². The molecule has 0 bridgehead atoms. The van der Waals surface area contributed by atoms with E-state index in [2.05, 4.69) is 9.71 Å². The predicted octanol–water partition coefficient (Wildman–Crippen LogP) is 2.79. The largest absolute Gasteiger partial charge is 0.487 e. The van der Waals surface area contributed by atoms with Gasteiger partial charge in [-0.25, -0.2) is 13.1 Å². The SMILES string of the molecule is Cc1c(C)c(S(=O)(=O)NC(N)=NCCCC(N)C(=O)OC(C)(C)C)c(C)c2c1OC(C)(C)C2.Cl. The Bertz CT molecular complexity index is 1060. The van der Waals surface area contributed by atoms with E-state index in [1.165, 1.54) is 0 Å². The third-order valence-corrected chi connectivity index (χ3v) is 7.09. The number of nitrogens with zero attached hydrogens (tertiary/aromatic N) is 1. The summed E-state index contributed by atoms with van der Waals surface area (Å²) in [6.07, 6.45) is 1.42. The van der Waals surface area contributed by atoms with E-state index < -0.39 is 27.6 Å². The van der Waals surface area contributed by atoms with E-state index in [9.17, 15) is 13.2 Å². The number of nitrogens with one attached hydrogen (secondary N) is 1. The van der Waals surface area contributed by atoms with Gasteiger partial charge in [0, 0.05) is 18.5 Å². The number of ether oxygens (including phenoxy) is 2. The van der Waals surface area contributed by atoms with Crippen LogP contribution in [0, 0.1) is 20.8 Å². The summed E-state index contributed by atoms with van der Waals surface area (Å²) < 4.78 is 40.0. The Labute approximate surface area is 209 Å². The number of benzene rings is 1. The number of carbonyl (C=O) groups is 1. The number of rotatable bonds is 7. The van der Waals surface area contributed by atoms with Crippen molar-refractivity contribution in [3.63, 3.8) is 0 Å². The molecule has 9 nitrogen and oxygen atoms in total. The summed E-state index contributed by atoms with van der Waals surface area (Å²) in [6, 6.07) is -0.775. The zero-order chi connectivity index (χ0) is 25.4. The minimum absolute atomic E-state index is 0. The number of halogens is 1. The fourth-order valence-corrected chi connectivity index (χ4v) is 5.40. The van der Waals surface area contributed by atoms with Crippen molar-refractivity contribution in [2.45, 2.75) is 96.8 Å². The highest BCUT2D eigenvalue weighted by Gasteiger charge is 2.36. The molecular formula is C23H39ClN4O5S. The molecule has 1 aromatic rings. The first kappa shape index (κ1) is 30.0. The Morgan fingerprint density at radius 2 is 1.79 bits per heavy atom. The van der Waals surface area contributed by atoms with Crippen LogP contribution in [0.4, 0.5) is 0 Å². The summed E-state index contributed by atoms with van der Waals surface area (Å²) in [5.41, 5.74) is 13.7. The van der Waals surface area contributed by atoms with Crippen LogP contribution in [0.5, 0.6) is 5.75 Å². The molecule has 2 rings (SSSR count). The maximum absolute atomic E-state index is 13.2. The van der Waals surface area contributed by atoms with E-state index >= 15 is 0 Å². The Morgan fingerprint density at radius 1 is 1.21 bits per heavy atom. The Hall–Kier alpha value is -2.04. The van der Waals surface area contributed by atoms with Crippen molar-refractivity contribution in [1.82, 2.24) is 4.72 Å². The van der Waals surface area contributed by atoms with Crippen LogP contribution in [0.1, 0.15) is 69.7 Å². The molecule has 5 N–H and O–H groups in total. The lowest BCUT2D eigenvalue weighted by Crippen LogP contribution is -2.38. The fraction of sp³-hybridized carbons (Fsp3) is 0.652. The molecule has 1 aliphatic rings. The minimum Gasteiger partial charge on any atom is -0.487 e. The van der Waals surface area contributed by atoms with Gasteiger partial charge in [-0.15, -0.1) is 12.4 Å². The number of guanidine groups is 1. The highest BCUT2D eigenvalue weighted by molar-refractivity contribution is 7.90. The lowest BCUT2D eigenvalue weighted by Gasteiger charge is -2.22. The number of nitrogens with two attached hydrogens (primary N) is 2. The second-order valence-electron chi connectivity index (χ2n) is 10.2. The number of carbonyl (C=O) groups excluding carboxylic acids is 1. The second kappa shape index (κ2) is 10.7. The van der Waals surface area contributed by atoms with Gasteiger partial charge in [0.15, 0.2) is 0 Å². The average Bonchev–Trinajstić information content (AvgIpc) is 2.97. The maximum atomic E-state index is 13.2. The maximum Gasteiger partial charge on any atom is 0.323 e. The fourth-order valence-electron chi connectivity index (χ4n) is 3.87. The molecule has 1 aliphatic heterocycles. The minimum atomic E-state index is -3.95. The number of esters is 1. The number of hydrogen-bond donors (Lipinski definition) is 3. The summed E-state index contributed by atoms with van der Waals surface area (Å²) in [7, 11) is -3.95. The Morgan fingerprint density at radius 3 is 2.35 bits per heavy atom. The van der Waals surface area contributed by atoms with Gasteiger partial charge in [-0.1, -0.05) is 0 Å². The van der Waals surface area contributed by atoms with E-state index in [0.717, 1.165) is 16.9 Å². The summed E-state index contributed by atoms with van der Waals surface area (Å²) >= 11 is 0. The van der Waals surface area contributed by atoms with Crippen molar-refractivity contribution < 1.29 is 22.7 Å². The summed E-state index contributed by atoms with van der Waals surface area (Å²) in [4.78, 5) is 16.2. The van der Waals surface area contributed by atoms with Crippen molar-refractivity contribution >= 4 is 34.4 Å². The van der Waals surface area contributed by atoms with Gasteiger partial charge in [0.2, 0.25) is 5.96 Å². The molecule has 34 heavy (non-hydrogen) atoms. The molecule has 0 saturated heterocycles. The van der Waals surface area contributed by atoms with Crippen LogP contribution in [-0.4, -0.2) is 44.1 Å². The highest BCUT2D eigenvalue weighted by atomic mass is 35.5.